The summed E-state index contributed by atoms with van der Waals surface area (Å²) < 4.78 is 22.9. The zero-order valence-electron chi connectivity index (χ0n) is 18.6. The van der Waals surface area contributed by atoms with Crippen LogP contribution in [0.1, 0.15) is 29.5 Å². The maximum atomic E-state index is 11.7. The van der Waals surface area contributed by atoms with Gasteiger partial charge in [0.2, 0.25) is 15.9 Å². The van der Waals surface area contributed by atoms with Crippen LogP contribution in [0.4, 0.5) is 5.69 Å². The molecule has 1 amide bonds. The van der Waals surface area contributed by atoms with Crippen molar-refractivity contribution in [3.63, 3.8) is 0 Å². The molecule has 32 heavy (non-hydrogen) atoms. The van der Waals surface area contributed by atoms with Gasteiger partial charge in [-0.3, -0.25) is 9.69 Å². The van der Waals surface area contributed by atoms with Gasteiger partial charge in [0.25, 0.3) is 0 Å². The molecular formula is C23H31ClN4O3S. The largest absolute Gasteiger partial charge is 0.384 e. The molecule has 0 spiro atoms. The van der Waals surface area contributed by atoms with Crippen LogP contribution in [0.25, 0.3) is 0 Å². The maximum Gasteiger partial charge on any atom is 0.238 e. The molecule has 1 fully saturated rings. The van der Waals surface area contributed by atoms with Crippen molar-refractivity contribution in [2.45, 2.75) is 31.2 Å². The number of hydrogen-bond acceptors (Lipinski definition) is 5. The van der Waals surface area contributed by atoms with Gasteiger partial charge in [0.05, 0.1) is 4.90 Å². The van der Waals surface area contributed by atoms with Gasteiger partial charge in [-0.15, -0.1) is 11.6 Å². The van der Waals surface area contributed by atoms with Gasteiger partial charge in [0.15, 0.2) is 0 Å². The molecule has 7 nitrogen and oxygen atoms in total. The Hall–Kier alpha value is -2.13. The summed E-state index contributed by atoms with van der Waals surface area (Å²) >= 11 is 5.66. The molecule has 1 saturated heterocycles. The quantitative estimate of drug-likeness (QED) is 0.569. The molecule has 9 heteroatoms. The second kappa shape index (κ2) is 10.7. The summed E-state index contributed by atoms with van der Waals surface area (Å²) in [6.07, 6.45) is 0. The lowest BCUT2D eigenvalue weighted by Crippen LogP contribution is -2.48. The molecule has 0 aromatic heterocycles. The normalized spacial score (nSPS) is 16.1. The highest BCUT2D eigenvalue weighted by atomic mass is 35.5. The second-order valence-corrected chi connectivity index (χ2v) is 10.2. The minimum atomic E-state index is -3.68. The fourth-order valence-corrected chi connectivity index (χ4v) is 4.61. The standard InChI is InChI=1S/C23H31ClN4O3S/c1-17-11-19(16-27-7-9-28(10-8-27)23(29)14-24)13-21(12-17)26-15-18(2)20-3-5-22(6-4-20)32(25,30)31/h3-6,11-13,18,26H,7-10,14-16H2,1-2H3,(H2,25,30,31). The van der Waals surface area contributed by atoms with E-state index >= 15 is 0 Å². The number of carbonyl (C=O) groups excluding carboxylic acids is 1. The Morgan fingerprint density at radius 1 is 1.12 bits per heavy atom. The fourth-order valence-electron chi connectivity index (χ4n) is 3.93. The van der Waals surface area contributed by atoms with Gasteiger partial charge in [0, 0.05) is 45.0 Å². The number of piperazine rings is 1. The lowest BCUT2D eigenvalue weighted by Gasteiger charge is -2.34. The molecule has 0 radical (unpaired) electrons. The smallest absolute Gasteiger partial charge is 0.238 e. The molecular weight excluding hydrogens is 448 g/mol. The predicted octanol–water partition coefficient (Wildman–Crippen LogP) is 2.74. The Morgan fingerprint density at radius 3 is 2.38 bits per heavy atom. The minimum Gasteiger partial charge on any atom is -0.384 e. The van der Waals surface area contributed by atoms with Gasteiger partial charge in [-0.05, 0) is 53.8 Å². The lowest BCUT2D eigenvalue weighted by atomic mass is 10.0. The first kappa shape index (κ1) is 24.5. The molecule has 174 valence electrons. The molecule has 0 aliphatic carbocycles. The first-order valence-corrected chi connectivity index (χ1v) is 12.8. The van der Waals surface area contributed by atoms with Crippen molar-refractivity contribution in [3.8, 4) is 0 Å². The SMILES string of the molecule is Cc1cc(CN2CCN(C(=O)CCl)CC2)cc(NCC(C)c2ccc(S(N)(=O)=O)cc2)c1. The van der Waals surface area contributed by atoms with Gasteiger partial charge in [0.1, 0.15) is 5.88 Å². The summed E-state index contributed by atoms with van der Waals surface area (Å²) in [4.78, 5) is 16.0. The van der Waals surface area contributed by atoms with E-state index in [1.54, 1.807) is 12.1 Å². The van der Waals surface area contributed by atoms with Crippen molar-refractivity contribution < 1.29 is 13.2 Å². The van der Waals surface area contributed by atoms with Crippen LogP contribution in [0.5, 0.6) is 0 Å². The Bertz CT molecular complexity index is 1040. The molecule has 3 rings (SSSR count). The van der Waals surface area contributed by atoms with Gasteiger partial charge >= 0.3 is 0 Å². The fraction of sp³-hybridized carbons (Fsp3) is 0.435. The highest BCUT2D eigenvalue weighted by Crippen LogP contribution is 2.21. The van der Waals surface area contributed by atoms with Crippen molar-refractivity contribution in [2.24, 2.45) is 5.14 Å². The van der Waals surface area contributed by atoms with Crippen LogP contribution in [0.2, 0.25) is 0 Å². The van der Waals surface area contributed by atoms with Gasteiger partial charge in [-0.25, -0.2) is 13.6 Å². The molecule has 1 aliphatic heterocycles. The Labute approximate surface area is 195 Å². The highest BCUT2D eigenvalue weighted by Gasteiger charge is 2.20. The van der Waals surface area contributed by atoms with Crippen molar-refractivity contribution in [1.29, 1.82) is 0 Å². The number of alkyl halides is 1. The number of nitrogens with zero attached hydrogens (tertiary/aromatic N) is 2. The van der Waals surface area contributed by atoms with Crippen LogP contribution in [0.15, 0.2) is 47.4 Å². The minimum absolute atomic E-state index is 0.00164. The van der Waals surface area contributed by atoms with E-state index in [2.05, 4.69) is 42.3 Å². The van der Waals surface area contributed by atoms with Crippen LogP contribution >= 0.6 is 11.6 Å². The summed E-state index contributed by atoms with van der Waals surface area (Å²) in [6, 6.07) is 13.2. The summed E-state index contributed by atoms with van der Waals surface area (Å²) in [5, 5.41) is 8.68. The molecule has 1 unspecified atom stereocenters. The summed E-state index contributed by atoms with van der Waals surface area (Å²) in [7, 11) is -3.68. The topological polar surface area (TPSA) is 95.7 Å². The Balaban J connectivity index is 1.57. The molecule has 2 aromatic rings. The summed E-state index contributed by atoms with van der Waals surface area (Å²) in [5.41, 5.74) is 4.52. The number of primary sulfonamides is 1. The molecule has 1 atom stereocenters. The zero-order valence-corrected chi connectivity index (χ0v) is 20.1. The molecule has 0 bridgehead atoms. The molecule has 1 aliphatic rings. The number of sulfonamides is 1. The van der Waals surface area contributed by atoms with E-state index in [1.807, 2.05) is 17.0 Å². The van der Waals surface area contributed by atoms with Crippen molar-refractivity contribution >= 4 is 33.2 Å². The number of aryl methyl sites for hydroxylation is 1. The van der Waals surface area contributed by atoms with Crippen LogP contribution in [0, 0.1) is 6.92 Å². The van der Waals surface area contributed by atoms with Crippen molar-refractivity contribution in [3.05, 3.63) is 59.2 Å². The van der Waals surface area contributed by atoms with E-state index in [4.69, 9.17) is 16.7 Å². The van der Waals surface area contributed by atoms with Crippen LogP contribution in [-0.2, 0) is 21.4 Å². The van der Waals surface area contributed by atoms with E-state index in [0.717, 1.165) is 37.4 Å². The Kier molecular flexibility index (Phi) is 8.16. The Morgan fingerprint density at radius 2 is 1.78 bits per heavy atom. The van der Waals surface area contributed by atoms with Gasteiger partial charge in [-0.2, -0.15) is 0 Å². The number of hydrogen-bond donors (Lipinski definition) is 2. The number of carbonyl (C=O) groups is 1. The molecule has 1 heterocycles. The van der Waals surface area contributed by atoms with E-state index in [1.165, 1.54) is 11.1 Å². The number of amides is 1. The van der Waals surface area contributed by atoms with E-state index < -0.39 is 10.0 Å². The number of anilines is 1. The molecule has 0 saturated carbocycles. The molecule has 2 aromatic carbocycles. The van der Waals surface area contributed by atoms with Crippen molar-refractivity contribution in [2.75, 3.05) is 43.9 Å². The number of rotatable bonds is 8. The van der Waals surface area contributed by atoms with Crippen LogP contribution in [0.3, 0.4) is 0 Å². The highest BCUT2D eigenvalue weighted by molar-refractivity contribution is 7.89. The van der Waals surface area contributed by atoms with Crippen LogP contribution in [-0.4, -0.2) is 62.7 Å². The average Bonchev–Trinajstić information content (AvgIpc) is 2.76. The summed E-state index contributed by atoms with van der Waals surface area (Å²) in [5.74, 6) is 0.240. The summed E-state index contributed by atoms with van der Waals surface area (Å²) in [6.45, 7) is 8.84. The number of halogens is 1. The third-order valence-corrected chi connectivity index (χ3v) is 6.93. The third kappa shape index (κ3) is 6.68. The monoisotopic (exact) mass is 478 g/mol. The predicted molar refractivity (Wildman–Crippen MR) is 128 cm³/mol. The number of nitrogens with one attached hydrogen (secondary N) is 1. The number of nitrogens with two attached hydrogens (primary N) is 1. The van der Waals surface area contributed by atoms with Crippen LogP contribution < -0.4 is 10.5 Å². The zero-order chi connectivity index (χ0) is 23.3. The van der Waals surface area contributed by atoms with E-state index in [9.17, 15) is 13.2 Å². The van der Waals surface area contributed by atoms with Gasteiger partial charge in [-0.1, -0.05) is 25.1 Å². The van der Waals surface area contributed by atoms with E-state index in [0.29, 0.717) is 13.1 Å². The lowest BCUT2D eigenvalue weighted by molar-refractivity contribution is -0.130. The van der Waals surface area contributed by atoms with E-state index in [-0.39, 0.29) is 22.6 Å². The number of benzene rings is 2. The second-order valence-electron chi connectivity index (χ2n) is 8.39. The first-order chi connectivity index (χ1) is 15.2. The molecule has 3 N–H and O–H groups in total. The third-order valence-electron chi connectivity index (χ3n) is 5.77. The average molecular weight is 479 g/mol. The maximum absolute atomic E-state index is 11.7. The first-order valence-electron chi connectivity index (χ1n) is 10.7. The van der Waals surface area contributed by atoms with Crippen molar-refractivity contribution in [1.82, 2.24) is 9.80 Å². The van der Waals surface area contributed by atoms with Gasteiger partial charge < -0.3 is 10.2 Å².